The average molecular weight is 312 g/mol. The molecule has 23 heavy (non-hydrogen) atoms. The van der Waals surface area contributed by atoms with Crippen LogP contribution in [0.15, 0.2) is 42.5 Å². The minimum Gasteiger partial charge on any atom is -0.489 e. The zero-order valence-electron chi connectivity index (χ0n) is 13.9. The van der Waals surface area contributed by atoms with Gasteiger partial charge in [-0.15, -0.1) is 0 Å². The van der Waals surface area contributed by atoms with E-state index in [1.54, 1.807) is 0 Å². The molecule has 0 radical (unpaired) electrons. The van der Waals surface area contributed by atoms with Crippen molar-refractivity contribution in [3.05, 3.63) is 42.5 Å². The van der Waals surface area contributed by atoms with Gasteiger partial charge in [-0.25, -0.2) is 0 Å². The van der Waals surface area contributed by atoms with Crippen molar-refractivity contribution in [1.82, 2.24) is 10.6 Å². The van der Waals surface area contributed by atoms with Gasteiger partial charge in [-0.3, -0.25) is 4.79 Å². The lowest BCUT2D eigenvalue weighted by atomic mass is 10.1. The zero-order valence-corrected chi connectivity index (χ0v) is 13.9. The van der Waals surface area contributed by atoms with Crippen molar-refractivity contribution in [1.29, 1.82) is 0 Å². The molecule has 0 aromatic heterocycles. The molecule has 1 heterocycles. The molecule has 2 N–H and O–H groups in total. The van der Waals surface area contributed by atoms with Gasteiger partial charge in [0.15, 0.2) is 0 Å². The monoisotopic (exact) mass is 312 g/mol. The topological polar surface area (TPSA) is 50.4 Å². The molecule has 4 nitrogen and oxygen atoms in total. The molecule has 1 saturated heterocycles. The van der Waals surface area contributed by atoms with Crippen LogP contribution in [-0.4, -0.2) is 30.1 Å². The summed E-state index contributed by atoms with van der Waals surface area (Å²) in [4.78, 5) is 12.2. The van der Waals surface area contributed by atoms with Gasteiger partial charge in [-0.05, 0) is 43.7 Å². The van der Waals surface area contributed by atoms with Crippen molar-refractivity contribution in [2.45, 2.75) is 44.9 Å². The number of amides is 1. The lowest BCUT2D eigenvalue weighted by Gasteiger charge is -2.23. The Morgan fingerprint density at radius 3 is 2.65 bits per heavy atom. The number of nitrogens with one attached hydrogen (secondary N) is 2. The molecule has 1 amide bonds. The van der Waals surface area contributed by atoms with Crippen LogP contribution in [0.2, 0.25) is 0 Å². The second kappa shape index (κ2) is 6.20. The summed E-state index contributed by atoms with van der Waals surface area (Å²) in [6.07, 6.45) is 0.709. The first-order chi connectivity index (χ1) is 10.9. The van der Waals surface area contributed by atoms with Crippen molar-refractivity contribution in [2.75, 3.05) is 6.54 Å². The van der Waals surface area contributed by atoms with Crippen molar-refractivity contribution >= 4 is 16.7 Å². The highest BCUT2D eigenvalue weighted by Crippen LogP contribution is 2.23. The van der Waals surface area contributed by atoms with E-state index in [9.17, 15) is 4.79 Å². The van der Waals surface area contributed by atoms with Crippen LogP contribution < -0.4 is 15.4 Å². The Bertz CT molecular complexity index is 706. The highest BCUT2D eigenvalue weighted by atomic mass is 16.5. The number of fused-ring (bicyclic) bond motifs is 1. The number of ether oxygens (including phenoxy) is 1. The minimum atomic E-state index is -0.212. The molecule has 1 aliphatic heterocycles. The largest absolute Gasteiger partial charge is 0.489 e. The molecule has 0 unspecified atom stereocenters. The molecule has 2 aromatic carbocycles. The molecule has 1 aliphatic rings. The summed E-state index contributed by atoms with van der Waals surface area (Å²) in [6.45, 7) is 6.66. The Balaban J connectivity index is 1.61. The zero-order chi connectivity index (χ0) is 16.4. The van der Waals surface area contributed by atoms with Crippen LogP contribution in [0.4, 0.5) is 0 Å². The highest BCUT2D eigenvalue weighted by Gasteiger charge is 2.32. The van der Waals surface area contributed by atoms with Gasteiger partial charge in [0.25, 0.3) is 0 Å². The number of carbonyl (C=O) groups is 1. The number of carbonyl (C=O) groups excluding carboxylic acids is 1. The Morgan fingerprint density at radius 2 is 1.91 bits per heavy atom. The van der Waals surface area contributed by atoms with Gasteiger partial charge >= 0.3 is 0 Å². The van der Waals surface area contributed by atoms with E-state index < -0.39 is 0 Å². The van der Waals surface area contributed by atoms with Gasteiger partial charge in [0.05, 0.1) is 6.04 Å². The van der Waals surface area contributed by atoms with E-state index in [2.05, 4.69) is 34.9 Å². The quantitative estimate of drug-likeness (QED) is 0.916. The fourth-order valence-electron chi connectivity index (χ4n) is 2.88. The minimum absolute atomic E-state index is 0.0203. The third kappa shape index (κ3) is 4.02. The van der Waals surface area contributed by atoms with Crippen LogP contribution in [0.25, 0.3) is 10.8 Å². The summed E-state index contributed by atoms with van der Waals surface area (Å²) < 4.78 is 6.05. The standard InChI is InChI=1S/C19H24N2O2/c1-19(2,3)21-18(22)17-11-16(12-20-17)23-15-9-8-13-6-4-5-7-14(13)10-15/h4-10,16-17,20H,11-12H2,1-3H3,(H,21,22)/t16-,17-/m0/s1. The molecule has 0 aliphatic carbocycles. The predicted molar refractivity (Wildman–Crippen MR) is 92.7 cm³/mol. The predicted octanol–water partition coefficient (Wildman–Crippen LogP) is 2.86. The van der Waals surface area contributed by atoms with Gasteiger partial charge in [0.1, 0.15) is 11.9 Å². The second-order valence-electron chi connectivity index (χ2n) is 7.18. The number of hydrogen-bond donors (Lipinski definition) is 2. The molecule has 0 spiro atoms. The van der Waals surface area contributed by atoms with Crippen LogP contribution in [0.3, 0.4) is 0 Å². The number of benzene rings is 2. The first kappa shape index (κ1) is 15.8. The number of rotatable bonds is 3. The summed E-state index contributed by atoms with van der Waals surface area (Å²) in [5.74, 6) is 0.898. The van der Waals surface area contributed by atoms with E-state index in [4.69, 9.17) is 4.74 Å². The Kier molecular flexibility index (Phi) is 4.26. The van der Waals surface area contributed by atoms with Gasteiger partial charge in [0.2, 0.25) is 5.91 Å². The maximum atomic E-state index is 12.2. The molecular weight excluding hydrogens is 288 g/mol. The van der Waals surface area contributed by atoms with Crippen LogP contribution in [0, 0.1) is 0 Å². The van der Waals surface area contributed by atoms with Crippen molar-refractivity contribution in [3.8, 4) is 5.75 Å². The fourth-order valence-corrected chi connectivity index (χ4v) is 2.88. The Hall–Kier alpha value is -2.07. The van der Waals surface area contributed by atoms with Crippen LogP contribution in [0.1, 0.15) is 27.2 Å². The first-order valence-electron chi connectivity index (χ1n) is 8.11. The molecule has 4 heteroatoms. The average Bonchev–Trinajstić information content (AvgIpc) is 2.94. The number of hydrogen-bond acceptors (Lipinski definition) is 3. The molecule has 0 bridgehead atoms. The first-order valence-corrected chi connectivity index (χ1v) is 8.11. The van der Waals surface area contributed by atoms with E-state index in [1.807, 2.05) is 39.0 Å². The van der Waals surface area contributed by atoms with E-state index in [0.29, 0.717) is 13.0 Å². The van der Waals surface area contributed by atoms with E-state index in [-0.39, 0.29) is 23.6 Å². The lowest BCUT2D eigenvalue weighted by Crippen LogP contribution is -2.48. The van der Waals surface area contributed by atoms with Crippen LogP contribution in [0.5, 0.6) is 5.75 Å². The fraction of sp³-hybridized carbons (Fsp3) is 0.421. The summed E-state index contributed by atoms with van der Waals surface area (Å²) in [6, 6.07) is 14.1. The highest BCUT2D eigenvalue weighted by molar-refractivity contribution is 5.84. The third-order valence-corrected chi connectivity index (χ3v) is 3.93. The van der Waals surface area contributed by atoms with Crippen molar-refractivity contribution in [3.63, 3.8) is 0 Å². The molecule has 2 atom stereocenters. The van der Waals surface area contributed by atoms with Gasteiger partial charge < -0.3 is 15.4 Å². The SMILES string of the molecule is CC(C)(C)NC(=O)[C@@H]1C[C@H](Oc2ccc3ccccc3c2)CN1. The van der Waals surface area contributed by atoms with E-state index >= 15 is 0 Å². The van der Waals surface area contributed by atoms with E-state index in [1.165, 1.54) is 5.39 Å². The molecule has 1 fully saturated rings. The molecule has 122 valence electrons. The lowest BCUT2D eigenvalue weighted by molar-refractivity contribution is -0.124. The van der Waals surface area contributed by atoms with E-state index in [0.717, 1.165) is 11.1 Å². The summed E-state index contributed by atoms with van der Waals surface area (Å²) in [5.41, 5.74) is -0.212. The second-order valence-corrected chi connectivity index (χ2v) is 7.18. The van der Waals surface area contributed by atoms with Gasteiger partial charge in [0, 0.05) is 18.5 Å². The van der Waals surface area contributed by atoms with Crippen LogP contribution >= 0.6 is 0 Å². The molecule has 2 aromatic rings. The maximum absolute atomic E-state index is 12.2. The smallest absolute Gasteiger partial charge is 0.237 e. The molecule has 3 rings (SSSR count). The molecular formula is C19H24N2O2. The third-order valence-electron chi connectivity index (χ3n) is 3.93. The Morgan fingerprint density at radius 1 is 1.17 bits per heavy atom. The Labute approximate surface area is 137 Å². The van der Waals surface area contributed by atoms with Crippen LogP contribution in [-0.2, 0) is 4.79 Å². The van der Waals surface area contributed by atoms with Crippen molar-refractivity contribution in [2.24, 2.45) is 0 Å². The van der Waals surface area contributed by atoms with Crippen molar-refractivity contribution < 1.29 is 9.53 Å². The summed E-state index contributed by atoms with van der Waals surface area (Å²) in [7, 11) is 0. The normalized spacial score (nSPS) is 21.3. The van der Waals surface area contributed by atoms with Gasteiger partial charge in [-0.1, -0.05) is 30.3 Å². The van der Waals surface area contributed by atoms with Gasteiger partial charge in [-0.2, -0.15) is 0 Å². The summed E-state index contributed by atoms with van der Waals surface area (Å²) in [5, 5.41) is 8.63. The summed E-state index contributed by atoms with van der Waals surface area (Å²) >= 11 is 0. The maximum Gasteiger partial charge on any atom is 0.237 e. The molecule has 0 saturated carbocycles.